The average molecular weight is 369 g/mol. The number of nitrogens with one attached hydrogen (secondary N) is 2. The third kappa shape index (κ3) is 5.26. The maximum Gasteiger partial charge on any atom is 0.279 e. The third-order valence-corrected chi connectivity index (χ3v) is 6.86. The molecule has 0 aliphatic heterocycles. The summed E-state index contributed by atoms with van der Waals surface area (Å²) < 4.78 is 25.5. The molecule has 0 heterocycles. The fraction of sp³-hybridized carbons (Fsp3) is 0.611. The van der Waals surface area contributed by atoms with Crippen LogP contribution in [0.15, 0.2) is 29.2 Å². The van der Waals surface area contributed by atoms with E-state index in [0.29, 0.717) is 18.3 Å². The van der Waals surface area contributed by atoms with Crippen molar-refractivity contribution in [1.29, 1.82) is 0 Å². The molecule has 1 aromatic rings. The predicted octanol–water partition coefficient (Wildman–Crippen LogP) is 0.969. The zero-order valence-corrected chi connectivity index (χ0v) is 16.4. The molecule has 1 aliphatic carbocycles. The Labute approximate surface area is 151 Å². The highest BCUT2D eigenvalue weighted by Crippen LogP contribution is 2.22. The smallest absolute Gasteiger partial charge is 0.279 e. The first-order valence-electron chi connectivity index (χ1n) is 8.85. The molecule has 0 bridgehead atoms. The summed E-state index contributed by atoms with van der Waals surface area (Å²) in [5, 5.41) is 2.83. The van der Waals surface area contributed by atoms with Crippen molar-refractivity contribution in [2.75, 3.05) is 33.0 Å². The summed E-state index contributed by atoms with van der Waals surface area (Å²) in [7, 11) is 1.54. The van der Waals surface area contributed by atoms with E-state index in [1.165, 1.54) is 44.0 Å². The zero-order valence-electron chi connectivity index (χ0n) is 15.6. The number of nitrogens with zero attached hydrogens (tertiary/aromatic N) is 1. The number of sulfonamides is 1. The van der Waals surface area contributed by atoms with Crippen molar-refractivity contribution in [2.24, 2.45) is 5.92 Å². The second-order valence-corrected chi connectivity index (χ2v) is 9.50. The maximum atomic E-state index is 12.3. The Kier molecular flexibility index (Phi) is 6.59. The van der Waals surface area contributed by atoms with Crippen LogP contribution in [0.1, 0.15) is 32.6 Å². The Hall–Kier alpha value is -1.44. The van der Waals surface area contributed by atoms with E-state index in [9.17, 15) is 13.2 Å². The lowest BCUT2D eigenvalue weighted by molar-refractivity contribution is -0.899. The Morgan fingerprint density at radius 3 is 2.48 bits per heavy atom. The molecule has 7 heteroatoms. The largest absolute Gasteiger partial charge is 0.327 e. The molecular weight excluding hydrogens is 338 g/mol. The molecule has 1 saturated carbocycles. The van der Waals surface area contributed by atoms with Crippen molar-refractivity contribution < 1.29 is 18.1 Å². The molecule has 1 aliphatic rings. The van der Waals surface area contributed by atoms with Crippen LogP contribution >= 0.6 is 0 Å². The minimum atomic E-state index is -3.50. The summed E-state index contributed by atoms with van der Waals surface area (Å²) in [5.41, 5.74) is 0.512. The molecule has 2 N–H and O–H groups in total. The maximum absolute atomic E-state index is 12.3. The quantitative estimate of drug-likeness (QED) is 0.786. The average Bonchev–Trinajstić information content (AvgIpc) is 2.55. The topological polar surface area (TPSA) is 70.9 Å². The van der Waals surface area contributed by atoms with Crippen LogP contribution in [0, 0.1) is 5.92 Å². The zero-order chi connectivity index (χ0) is 18.6. The van der Waals surface area contributed by atoms with Crippen molar-refractivity contribution in [1.82, 2.24) is 4.31 Å². The van der Waals surface area contributed by atoms with Crippen LogP contribution in [-0.4, -0.2) is 52.4 Å². The molecule has 140 valence electrons. The number of anilines is 1. The van der Waals surface area contributed by atoms with Gasteiger partial charge in [-0.2, -0.15) is 0 Å². The van der Waals surface area contributed by atoms with Gasteiger partial charge in [-0.15, -0.1) is 0 Å². The van der Waals surface area contributed by atoms with Gasteiger partial charge in [-0.3, -0.25) is 4.79 Å². The Bertz CT molecular complexity index is 695. The van der Waals surface area contributed by atoms with Crippen LogP contribution in [0.3, 0.4) is 0 Å². The highest BCUT2D eigenvalue weighted by Gasteiger charge is 2.26. The second kappa shape index (κ2) is 8.29. The van der Waals surface area contributed by atoms with Gasteiger partial charge in [-0.25, -0.2) is 12.7 Å². The lowest BCUT2D eigenvalue weighted by Crippen LogP contribution is -3.14. The summed E-state index contributed by atoms with van der Waals surface area (Å²) in [6.07, 6.45) is 4.79. The van der Waals surface area contributed by atoms with Gasteiger partial charge in [0.15, 0.2) is 6.54 Å². The number of amides is 1. The SMILES string of the molecule is CC1CCC([NH+](C)CC(=O)Nc2cccc(S(=O)(=O)N(C)C)c2)CC1. The van der Waals surface area contributed by atoms with Gasteiger partial charge in [0.1, 0.15) is 0 Å². The first kappa shape index (κ1) is 19.9. The first-order valence-corrected chi connectivity index (χ1v) is 10.3. The van der Waals surface area contributed by atoms with Crippen LogP contribution in [0.4, 0.5) is 5.69 Å². The Balaban J connectivity index is 1.97. The number of quaternary nitrogens is 1. The van der Waals surface area contributed by atoms with Crippen LogP contribution in [0.2, 0.25) is 0 Å². The van der Waals surface area contributed by atoms with Crippen molar-refractivity contribution in [3.8, 4) is 0 Å². The lowest BCUT2D eigenvalue weighted by Gasteiger charge is -2.30. The Morgan fingerprint density at radius 1 is 1.24 bits per heavy atom. The molecule has 0 radical (unpaired) electrons. The molecule has 0 aromatic heterocycles. The minimum absolute atomic E-state index is 0.0875. The van der Waals surface area contributed by atoms with Crippen molar-refractivity contribution in [3.63, 3.8) is 0 Å². The van der Waals surface area contributed by atoms with Gasteiger partial charge in [-0.05, 0) is 49.8 Å². The summed E-state index contributed by atoms with van der Waals surface area (Å²) in [6, 6.07) is 6.92. The van der Waals surface area contributed by atoms with E-state index in [1.807, 2.05) is 0 Å². The van der Waals surface area contributed by atoms with Gasteiger partial charge in [0.2, 0.25) is 10.0 Å². The highest BCUT2D eigenvalue weighted by atomic mass is 32.2. The van der Waals surface area contributed by atoms with E-state index in [1.54, 1.807) is 12.1 Å². The lowest BCUT2D eigenvalue weighted by atomic mass is 9.87. The minimum Gasteiger partial charge on any atom is -0.327 e. The fourth-order valence-electron chi connectivity index (χ4n) is 3.30. The number of rotatable bonds is 6. The van der Waals surface area contributed by atoms with Gasteiger partial charge in [0.25, 0.3) is 5.91 Å². The van der Waals surface area contributed by atoms with E-state index in [0.717, 1.165) is 23.1 Å². The van der Waals surface area contributed by atoms with Gasteiger partial charge < -0.3 is 10.2 Å². The van der Waals surface area contributed by atoms with Crippen molar-refractivity contribution in [2.45, 2.75) is 43.5 Å². The molecule has 6 nitrogen and oxygen atoms in total. The fourth-order valence-corrected chi connectivity index (χ4v) is 4.25. The number of likely N-dealkylation sites (N-methyl/N-ethyl adjacent to an activating group) is 1. The summed E-state index contributed by atoms with van der Waals surface area (Å²) >= 11 is 0. The van der Waals surface area contributed by atoms with Gasteiger partial charge >= 0.3 is 0 Å². The van der Waals surface area contributed by atoms with Crippen molar-refractivity contribution in [3.05, 3.63) is 24.3 Å². The molecule has 2 rings (SSSR count). The van der Waals surface area contributed by atoms with Crippen LogP contribution < -0.4 is 10.2 Å². The summed E-state index contributed by atoms with van der Waals surface area (Å²) in [6.45, 7) is 2.68. The molecule has 0 spiro atoms. The monoisotopic (exact) mass is 368 g/mol. The number of hydrogen-bond acceptors (Lipinski definition) is 3. The number of hydrogen-bond donors (Lipinski definition) is 2. The molecule has 1 fully saturated rings. The first-order chi connectivity index (χ1) is 11.7. The molecule has 1 aromatic carbocycles. The molecule has 25 heavy (non-hydrogen) atoms. The van der Waals surface area contributed by atoms with Crippen LogP contribution in [-0.2, 0) is 14.8 Å². The third-order valence-electron chi connectivity index (χ3n) is 5.05. The summed E-state index contributed by atoms with van der Waals surface area (Å²) in [5.74, 6) is 0.704. The van der Waals surface area contributed by atoms with E-state index < -0.39 is 10.0 Å². The van der Waals surface area contributed by atoms with E-state index >= 15 is 0 Å². The normalized spacial score (nSPS) is 22.6. The molecular formula is C18H30N3O3S+. The van der Waals surface area contributed by atoms with Crippen LogP contribution in [0.25, 0.3) is 0 Å². The number of carbonyl (C=O) groups is 1. The molecule has 1 amide bonds. The number of carbonyl (C=O) groups excluding carboxylic acids is 1. The predicted molar refractivity (Wildman–Crippen MR) is 99.1 cm³/mol. The Morgan fingerprint density at radius 2 is 1.88 bits per heavy atom. The number of benzene rings is 1. The van der Waals surface area contributed by atoms with Gasteiger partial charge in [0.05, 0.1) is 18.0 Å². The second-order valence-electron chi connectivity index (χ2n) is 7.34. The molecule has 1 atom stereocenters. The van der Waals surface area contributed by atoms with E-state index in [2.05, 4.69) is 19.3 Å². The molecule has 0 saturated heterocycles. The summed E-state index contributed by atoms with van der Waals surface area (Å²) in [4.78, 5) is 13.7. The standard InChI is InChI=1S/C18H29N3O3S/c1-14-8-10-16(11-9-14)21(4)13-18(22)19-15-6-5-7-17(12-15)25(23,24)20(2)3/h5-7,12,14,16H,8-11,13H2,1-4H3,(H,19,22)/p+1. The highest BCUT2D eigenvalue weighted by molar-refractivity contribution is 7.89. The van der Waals surface area contributed by atoms with Crippen LogP contribution in [0.5, 0.6) is 0 Å². The van der Waals surface area contributed by atoms with Gasteiger partial charge in [0, 0.05) is 19.8 Å². The van der Waals surface area contributed by atoms with E-state index in [-0.39, 0.29) is 10.8 Å². The van der Waals surface area contributed by atoms with Gasteiger partial charge in [-0.1, -0.05) is 13.0 Å². The molecule has 1 unspecified atom stereocenters. The van der Waals surface area contributed by atoms with Crippen molar-refractivity contribution >= 4 is 21.6 Å². The van der Waals surface area contributed by atoms with E-state index in [4.69, 9.17) is 0 Å².